The molecule has 0 unspecified atom stereocenters. The highest BCUT2D eigenvalue weighted by atomic mass is 16.3. The molecule has 0 saturated carbocycles. The summed E-state index contributed by atoms with van der Waals surface area (Å²) in [7, 11) is 2.04. The molecule has 0 spiro atoms. The van der Waals surface area contributed by atoms with E-state index < -0.39 is 0 Å². The number of likely N-dealkylation sites (N-methyl/N-ethyl adjacent to an activating group) is 1. The van der Waals surface area contributed by atoms with Crippen LogP contribution in [0.25, 0.3) is 0 Å². The van der Waals surface area contributed by atoms with Crippen LogP contribution in [0.5, 0.6) is 0 Å². The maximum Gasteiger partial charge on any atom is 0.0558 e. The molecule has 0 heterocycles. The van der Waals surface area contributed by atoms with Crippen molar-refractivity contribution in [3.05, 3.63) is 35.4 Å². The normalized spacial score (nSPS) is 11.3. The van der Waals surface area contributed by atoms with E-state index in [9.17, 15) is 0 Å². The minimum absolute atomic E-state index is 0.223. The molecule has 2 heteroatoms. The lowest BCUT2D eigenvalue weighted by molar-refractivity contribution is 0.217. The summed E-state index contributed by atoms with van der Waals surface area (Å²) >= 11 is 0. The van der Waals surface area contributed by atoms with Gasteiger partial charge in [0.05, 0.1) is 6.61 Å². The lowest BCUT2D eigenvalue weighted by Crippen LogP contribution is -2.22. The van der Waals surface area contributed by atoms with Gasteiger partial charge in [0, 0.05) is 13.1 Å². The van der Waals surface area contributed by atoms with Gasteiger partial charge in [0.1, 0.15) is 0 Å². The molecule has 0 radical (unpaired) electrons. The van der Waals surface area contributed by atoms with E-state index in [-0.39, 0.29) is 6.61 Å². The summed E-state index contributed by atoms with van der Waals surface area (Å²) in [5, 5.41) is 8.85. The number of hydrogen-bond acceptors (Lipinski definition) is 2. The van der Waals surface area contributed by atoms with Gasteiger partial charge in [-0.05, 0) is 24.1 Å². The molecule has 0 atom stereocenters. The Morgan fingerprint density at radius 2 is 1.93 bits per heavy atom. The van der Waals surface area contributed by atoms with E-state index in [1.54, 1.807) is 0 Å². The zero-order valence-electron chi connectivity index (χ0n) is 9.90. The highest BCUT2D eigenvalue weighted by Crippen LogP contribution is 2.19. The number of benzene rings is 1. The third kappa shape index (κ3) is 3.65. The summed E-state index contributed by atoms with van der Waals surface area (Å²) in [4.78, 5) is 2.14. The maximum absolute atomic E-state index is 8.85. The summed E-state index contributed by atoms with van der Waals surface area (Å²) in [5.41, 5.74) is 2.77. The maximum atomic E-state index is 8.85. The van der Waals surface area contributed by atoms with Crippen molar-refractivity contribution in [2.24, 2.45) is 0 Å². The zero-order chi connectivity index (χ0) is 11.3. The molecule has 1 aromatic carbocycles. The first-order chi connectivity index (χ1) is 7.15. The Hall–Kier alpha value is -0.860. The molecule has 1 rings (SSSR count). The number of rotatable bonds is 5. The Balaban J connectivity index is 2.75. The van der Waals surface area contributed by atoms with Crippen LogP contribution in [0.2, 0.25) is 0 Å². The van der Waals surface area contributed by atoms with Crippen LogP contribution < -0.4 is 0 Å². The van der Waals surface area contributed by atoms with Gasteiger partial charge in [-0.1, -0.05) is 38.1 Å². The minimum atomic E-state index is 0.223. The van der Waals surface area contributed by atoms with Crippen LogP contribution in [0.15, 0.2) is 24.3 Å². The van der Waals surface area contributed by atoms with Gasteiger partial charge in [0.2, 0.25) is 0 Å². The standard InChI is InChI=1S/C13H21NO/c1-11(2)13-7-5-4-6-12(13)10-14(3)8-9-15/h4-7,11,15H,8-10H2,1-3H3. The molecule has 0 aliphatic heterocycles. The minimum Gasteiger partial charge on any atom is -0.395 e. The summed E-state index contributed by atoms with van der Waals surface area (Å²) in [6, 6.07) is 8.52. The predicted molar refractivity (Wildman–Crippen MR) is 64.0 cm³/mol. The van der Waals surface area contributed by atoms with Crippen LogP contribution in [0.3, 0.4) is 0 Å². The highest BCUT2D eigenvalue weighted by molar-refractivity contribution is 5.29. The van der Waals surface area contributed by atoms with Gasteiger partial charge in [-0.15, -0.1) is 0 Å². The summed E-state index contributed by atoms with van der Waals surface area (Å²) in [6.07, 6.45) is 0. The average Bonchev–Trinajstić information content (AvgIpc) is 2.18. The lowest BCUT2D eigenvalue weighted by atomic mass is 9.97. The Labute approximate surface area is 92.5 Å². The van der Waals surface area contributed by atoms with Gasteiger partial charge in [-0.3, -0.25) is 4.90 Å². The van der Waals surface area contributed by atoms with E-state index in [2.05, 4.69) is 43.0 Å². The molecule has 0 bridgehead atoms. The van der Waals surface area contributed by atoms with Crippen LogP contribution >= 0.6 is 0 Å². The van der Waals surface area contributed by atoms with Crippen LogP contribution in [0.4, 0.5) is 0 Å². The Bertz CT molecular complexity index is 296. The van der Waals surface area contributed by atoms with E-state index in [0.29, 0.717) is 5.92 Å². The van der Waals surface area contributed by atoms with Crippen molar-refractivity contribution in [1.82, 2.24) is 4.90 Å². The van der Waals surface area contributed by atoms with Crippen LogP contribution in [-0.4, -0.2) is 30.2 Å². The van der Waals surface area contributed by atoms with Crippen molar-refractivity contribution in [1.29, 1.82) is 0 Å². The lowest BCUT2D eigenvalue weighted by Gasteiger charge is -2.19. The third-order valence-electron chi connectivity index (χ3n) is 2.60. The molecule has 1 aromatic rings. The summed E-state index contributed by atoms with van der Waals surface area (Å²) < 4.78 is 0. The molecule has 0 aliphatic rings. The van der Waals surface area contributed by atoms with Crippen molar-refractivity contribution in [3.63, 3.8) is 0 Å². The first kappa shape index (κ1) is 12.2. The molecule has 0 aliphatic carbocycles. The first-order valence-corrected chi connectivity index (χ1v) is 5.52. The van der Waals surface area contributed by atoms with Gasteiger partial charge in [-0.25, -0.2) is 0 Å². The molecule has 2 nitrogen and oxygen atoms in total. The molecular weight excluding hydrogens is 186 g/mol. The molecule has 84 valence electrons. The third-order valence-corrected chi connectivity index (χ3v) is 2.60. The van der Waals surface area contributed by atoms with Crippen molar-refractivity contribution in [3.8, 4) is 0 Å². The van der Waals surface area contributed by atoms with Crippen LogP contribution in [0, 0.1) is 0 Å². The quantitative estimate of drug-likeness (QED) is 0.800. The van der Waals surface area contributed by atoms with Gasteiger partial charge in [-0.2, -0.15) is 0 Å². The van der Waals surface area contributed by atoms with E-state index in [0.717, 1.165) is 13.1 Å². The van der Waals surface area contributed by atoms with Crippen LogP contribution in [0.1, 0.15) is 30.9 Å². The highest BCUT2D eigenvalue weighted by Gasteiger charge is 2.07. The van der Waals surface area contributed by atoms with Gasteiger partial charge in [0.15, 0.2) is 0 Å². The van der Waals surface area contributed by atoms with Crippen LogP contribution in [-0.2, 0) is 6.54 Å². The second kappa shape index (κ2) is 5.89. The molecule has 0 amide bonds. The number of aliphatic hydroxyl groups is 1. The Kier molecular flexibility index (Phi) is 4.79. The fourth-order valence-electron chi connectivity index (χ4n) is 1.78. The van der Waals surface area contributed by atoms with E-state index in [1.807, 2.05) is 7.05 Å². The van der Waals surface area contributed by atoms with Gasteiger partial charge >= 0.3 is 0 Å². The van der Waals surface area contributed by atoms with Crippen molar-refractivity contribution in [2.75, 3.05) is 20.2 Å². The second-order valence-corrected chi connectivity index (χ2v) is 4.31. The molecule has 0 aromatic heterocycles. The Morgan fingerprint density at radius 1 is 1.27 bits per heavy atom. The average molecular weight is 207 g/mol. The first-order valence-electron chi connectivity index (χ1n) is 5.52. The molecular formula is C13H21NO. The molecule has 15 heavy (non-hydrogen) atoms. The van der Waals surface area contributed by atoms with E-state index >= 15 is 0 Å². The van der Waals surface area contributed by atoms with Crippen molar-refractivity contribution >= 4 is 0 Å². The monoisotopic (exact) mass is 207 g/mol. The largest absolute Gasteiger partial charge is 0.395 e. The summed E-state index contributed by atoms with van der Waals surface area (Å²) in [5.74, 6) is 0.559. The van der Waals surface area contributed by atoms with Crippen molar-refractivity contribution < 1.29 is 5.11 Å². The van der Waals surface area contributed by atoms with Gasteiger partial charge in [0.25, 0.3) is 0 Å². The van der Waals surface area contributed by atoms with E-state index in [1.165, 1.54) is 11.1 Å². The van der Waals surface area contributed by atoms with Gasteiger partial charge < -0.3 is 5.11 Å². The fraction of sp³-hybridized carbons (Fsp3) is 0.538. The van der Waals surface area contributed by atoms with E-state index in [4.69, 9.17) is 5.11 Å². The summed E-state index contributed by atoms with van der Waals surface area (Å²) in [6.45, 7) is 6.29. The SMILES string of the molecule is CC(C)c1ccccc1CN(C)CCO. The zero-order valence-corrected chi connectivity index (χ0v) is 9.90. The molecule has 0 saturated heterocycles. The number of aliphatic hydroxyl groups excluding tert-OH is 1. The fourth-order valence-corrected chi connectivity index (χ4v) is 1.78. The Morgan fingerprint density at radius 3 is 2.53 bits per heavy atom. The predicted octanol–water partition coefficient (Wildman–Crippen LogP) is 2.23. The number of hydrogen-bond donors (Lipinski definition) is 1. The van der Waals surface area contributed by atoms with Crippen molar-refractivity contribution in [2.45, 2.75) is 26.3 Å². The number of nitrogens with zero attached hydrogens (tertiary/aromatic N) is 1. The molecule has 0 fully saturated rings. The second-order valence-electron chi connectivity index (χ2n) is 4.31. The topological polar surface area (TPSA) is 23.5 Å². The smallest absolute Gasteiger partial charge is 0.0558 e. The molecule has 1 N–H and O–H groups in total.